The molecule has 1 aliphatic heterocycles. The molecular formula is C15H20F3NO2S. The summed E-state index contributed by atoms with van der Waals surface area (Å²) in [5.74, 6) is 0.209. The van der Waals surface area contributed by atoms with Crippen molar-refractivity contribution < 1.29 is 21.6 Å². The van der Waals surface area contributed by atoms with Crippen LogP contribution in [0.4, 0.5) is 13.2 Å². The lowest BCUT2D eigenvalue weighted by molar-refractivity contribution is -0.137. The van der Waals surface area contributed by atoms with Gasteiger partial charge in [-0.2, -0.15) is 13.2 Å². The molecule has 0 amide bonds. The minimum absolute atomic E-state index is 0.0644. The maximum atomic E-state index is 12.7. The Hall–Kier alpha value is -1.08. The predicted molar refractivity (Wildman–Crippen MR) is 79.2 cm³/mol. The van der Waals surface area contributed by atoms with Crippen LogP contribution in [0, 0.1) is 5.92 Å². The summed E-state index contributed by atoms with van der Waals surface area (Å²) >= 11 is 0. The number of hydrogen-bond acceptors (Lipinski definition) is 3. The molecule has 1 saturated heterocycles. The van der Waals surface area contributed by atoms with Gasteiger partial charge in [0.2, 0.25) is 0 Å². The largest absolute Gasteiger partial charge is 0.416 e. The molecule has 0 radical (unpaired) electrons. The molecule has 1 aliphatic rings. The molecule has 0 spiro atoms. The highest BCUT2D eigenvalue weighted by Gasteiger charge is 2.30. The third-order valence-electron chi connectivity index (χ3n) is 3.80. The van der Waals surface area contributed by atoms with Crippen molar-refractivity contribution in [3.63, 3.8) is 0 Å². The molecule has 0 bridgehead atoms. The van der Waals surface area contributed by atoms with E-state index in [0.29, 0.717) is 18.7 Å². The van der Waals surface area contributed by atoms with Gasteiger partial charge in [0.15, 0.2) is 0 Å². The summed E-state index contributed by atoms with van der Waals surface area (Å²) in [5, 5.41) is 0. The Balaban J connectivity index is 2.01. The molecule has 0 unspecified atom stereocenters. The van der Waals surface area contributed by atoms with Crippen molar-refractivity contribution >= 4 is 9.84 Å². The fourth-order valence-electron chi connectivity index (χ4n) is 2.96. The molecule has 1 heterocycles. The second-order valence-electron chi connectivity index (χ2n) is 6.03. The van der Waals surface area contributed by atoms with Crippen LogP contribution in [0.2, 0.25) is 0 Å². The minimum atomic E-state index is -4.34. The summed E-state index contributed by atoms with van der Waals surface area (Å²) in [5.41, 5.74) is -0.0375. The van der Waals surface area contributed by atoms with Crippen molar-refractivity contribution in [2.75, 3.05) is 25.1 Å². The molecule has 2 rings (SSSR count). The number of sulfone groups is 1. The summed E-state index contributed by atoms with van der Waals surface area (Å²) < 4.78 is 60.9. The normalized spacial score (nSPS) is 21.0. The average Bonchev–Trinajstić information content (AvgIpc) is 2.36. The summed E-state index contributed by atoms with van der Waals surface area (Å²) in [7, 11) is -3.02. The van der Waals surface area contributed by atoms with Crippen molar-refractivity contribution in [3.8, 4) is 0 Å². The first-order chi connectivity index (χ1) is 10.1. The molecule has 124 valence electrons. The Morgan fingerprint density at radius 3 is 2.68 bits per heavy atom. The molecule has 1 aromatic carbocycles. The van der Waals surface area contributed by atoms with E-state index in [4.69, 9.17) is 0 Å². The van der Waals surface area contributed by atoms with Gasteiger partial charge in [0.25, 0.3) is 0 Å². The smallest absolute Gasteiger partial charge is 0.299 e. The monoisotopic (exact) mass is 335 g/mol. The molecule has 0 N–H and O–H groups in total. The summed E-state index contributed by atoms with van der Waals surface area (Å²) in [6, 6.07) is 5.32. The van der Waals surface area contributed by atoms with Crippen LogP contribution in [0.15, 0.2) is 24.3 Å². The highest BCUT2D eigenvalue weighted by atomic mass is 32.2. The van der Waals surface area contributed by atoms with Crippen molar-refractivity contribution in [1.82, 2.24) is 4.90 Å². The average molecular weight is 335 g/mol. The van der Waals surface area contributed by atoms with Crippen molar-refractivity contribution in [2.45, 2.75) is 25.6 Å². The zero-order chi connectivity index (χ0) is 16.4. The van der Waals surface area contributed by atoms with E-state index in [9.17, 15) is 21.6 Å². The number of piperidine rings is 1. The number of hydrogen-bond donors (Lipinski definition) is 0. The molecule has 0 aliphatic carbocycles. The highest BCUT2D eigenvalue weighted by molar-refractivity contribution is 7.90. The van der Waals surface area contributed by atoms with Crippen LogP contribution in [0.1, 0.15) is 24.0 Å². The Morgan fingerprint density at radius 2 is 2.05 bits per heavy atom. The van der Waals surface area contributed by atoms with Gasteiger partial charge in [-0.25, -0.2) is 8.42 Å². The van der Waals surface area contributed by atoms with Gasteiger partial charge in [0, 0.05) is 19.3 Å². The van der Waals surface area contributed by atoms with E-state index in [0.717, 1.165) is 25.5 Å². The van der Waals surface area contributed by atoms with Gasteiger partial charge >= 0.3 is 6.18 Å². The molecule has 1 aromatic rings. The van der Waals surface area contributed by atoms with E-state index in [-0.39, 0.29) is 11.7 Å². The molecule has 1 atom stereocenters. The summed E-state index contributed by atoms with van der Waals surface area (Å²) in [6.07, 6.45) is -1.39. The molecule has 0 aromatic heterocycles. The lowest BCUT2D eigenvalue weighted by Crippen LogP contribution is -2.37. The number of nitrogens with zero attached hydrogens (tertiary/aromatic N) is 1. The maximum absolute atomic E-state index is 12.7. The first kappa shape index (κ1) is 17.3. The topological polar surface area (TPSA) is 37.4 Å². The number of halogens is 3. The summed E-state index contributed by atoms with van der Waals surface area (Å²) in [6.45, 7) is 1.82. The molecule has 22 heavy (non-hydrogen) atoms. The lowest BCUT2D eigenvalue weighted by atomic mass is 9.99. The van der Waals surface area contributed by atoms with E-state index in [1.807, 2.05) is 4.90 Å². The van der Waals surface area contributed by atoms with Gasteiger partial charge in [-0.15, -0.1) is 0 Å². The maximum Gasteiger partial charge on any atom is 0.416 e. The van der Waals surface area contributed by atoms with Crippen LogP contribution in [-0.2, 0) is 22.6 Å². The SMILES string of the molecule is CS(=O)(=O)C[C@@H]1CCCN(Cc2cccc(C(F)(F)F)c2)C1. The van der Waals surface area contributed by atoms with Crippen LogP contribution in [0.3, 0.4) is 0 Å². The molecule has 7 heteroatoms. The highest BCUT2D eigenvalue weighted by Crippen LogP contribution is 2.30. The van der Waals surface area contributed by atoms with Crippen LogP contribution < -0.4 is 0 Å². The summed E-state index contributed by atoms with van der Waals surface area (Å²) in [4.78, 5) is 2.04. The van der Waals surface area contributed by atoms with E-state index in [1.54, 1.807) is 6.07 Å². The van der Waals surface area contributed by atoms with Crippen LogP contribution >= 0.6 is 0 Å². The van der Waals surface area contributed by atoms with Gasteiger partial charge in [-0.05, 0) is 36.9 Å². The Labute approximate surface area is 129 Å². The molecule has 0 saturated carbocycles. The standard InChI is InChI=1S/C15H20F3NO2S/c1-22(20,21)11-13-5-3-7-19(10-13)9-12-4-2-6-14(8-12)15(16,17)18/h2,4,6,8,13H,3,5,7,9-11H2,1H3/t13-/m1/s1. The molecule has 3 nitrogen and oxygen atoms in total. The second kappa shape index (κ2) is 6.58. The van der Waals surface area contributed by atoms with Crippen LogP contribution in [0.5, 0.6) is 0 Å². The van der Waals surface area contributed by atoms with Crippen molar-refractivity contribution in [3.05, 3.63) is 35.4 Å². The van der Waals surface area contributed by atoms with E-state index < -0.39 is 21.6 Å². The van der Waals surface area contributed by atoms with Gasteiger partial charge < -0.3 is 0 Å². The fraction of sp³-hybridized carbons (Fsp3) is 0.600. The van der Waals surface area contributed by atoms with Gasteiger partial charge in [-0.3, -0.25) is 4.90 Å². The predicted octanol–water partition coefficient (Wildman–Crippen LogP) is 2.96. The van der Waals surface area contributed by atoms with Gasteiger partial charge in [0.1, 0.15) is 9.84 Å². The number of alkyl halides is 3. The number of benzene rings is 1. The van der Waals surface area contributed by atoms with Gasteiger partial charge in [0.05, 0.1) is 11.3 Å². The van der Waals surface area contributed by atoms with Crippen molar-refractivity contribution in [2.24, 2.45) is 5.92 Å². The lowest BCUT2D eigenvalue weighted by Gasteiger charge is -2.32. The zero-order valence-electron chi connectivity index (χ0n) is 12.4. The minimum Gasteiger partial charge on any atom is -0.299 e. The first-order valence-corrected chi connectivity index (χ1v) is 9.26. The molecular weight excluding hydrogens is 315 g/mol. The Morgan fingerprint density at radius 1 is 1.32 bits per heavy atom. The van der Waals surface area contributed by atoms with Crippen molar-refractivity contribution in [1.29, 1.82) is 0 Å². The van der Waals surface area contributed by atoms with Crippen LogP contribution in [-0.4, -0.2) is 38.4 Å². The number of rotatable bonds is 4. The third-order valence-corrected chi connectivity index (χ3v) is 4.88. The second-order valence-corrected chi connectivity index (χ2v) is 8.22. The zero-order valence-corrected chi connectivity index (χ0v) is 13.3. The quantitative estimate of drug-likeness (QED) is 0.849. The third kappa shape index (κ3) is 5.28. The number of likely N-dealkylation sites (tertiary alicyclic amines) is 1. The fourth-order valence-corrected chi connectivity index (χ4v) is 4.09. The van der Waals surface area contributed by atoms with Crippen LogP contribution in [0.25, 0.3) is 0 Å². The van der Waals surface area contributed by atoms with E-state index >= 15 is 0 Å². The Bertz CT molecular complexity index is 613. The Kier molecular flexibility index (Phi) is 5.17. The van der Waals surface area contributed by atoms with Gasteiger partial charge in [-0.1, -0.05) is 18.2 Å². The first-order valence-electron chi connectivity index (χ1n) is 7.20. The molecule has 1 fully saturated rings. The van der Waals surface area contributed by atoms with E-state index in [1.165, 1.54) is 18.4 Å². The van der Waals surface area contributed by atoms with E-state index in [2.05, 4.69) is 0 Å².